The second-order valence-corrected chi connectivity index (χ2v) is 10.3. The minimum Gasteiger partial charge on any atom is -0.455 e. The van der Waals surface area contributed by atoms with Gasteiger partial charge in [0.2, 0.25) is 0 Å². The van der Waals surface area contributed by atoms with Gasteiger partial charge in [0, 0.05) is 66.4 Å². The molecule has 0 saturated heterocycles. The zero-order valence-corrected chi connectivity index (χ0v) is 24.7. The Bertz CT molecular complexity index is 1680. The molecular formula is C34H37N5O3. The molecule has 0 bridgehead atoms. The third-order valence-corrected chi connectivity index (χ3v) is 7.58. The standard InChI is InChI=1S/C34H37N5O3/c1-5-30(40)32-28-19-27(25-10-8-11-26(18-25)34(41)36-16-9-17-39-22-35-21-37-39)29(38(6-2)7-3)20-31(28)42-33(32)24-14-12-23(4)13-15-24/h8,10-15,18-22H,5-7,9,16-17H2,1-4H3,(H,36,41). The largest absolute Gasteiger partial charge is 0.455 e. The Morgan fingerprint density at radius 3 is 2.45 bits per heavy atom. The van der Waals surface area contributed by atoms with Crippen LogP contribution in [0.4, 0.5) is 5.69 Å². The first-order valence-electron chi connectivity index (χ1n) is 14.6. The highest BCUT2D eigenvalue weighted by Crippen LogP contribution is 2.41. The summed E-state index contributed by atoms with van der Waals surface area (Å²) in [4.78, 5) is 32.6. The van der Waals surface area contributed by atoms with Crippen LogP contribution in [0.15, 0.2) is 77.7 Å². The molecule has 0 spiro atoms. The fourth-order valence-corrected chi connectivity index (χ4v) is 5.27. The van der Waals surface area contributed by atoms with E-state index in [-0.39, 0.29) is 11.7 Å². The minimum absolute atomic E-state index is 0.0323. The Hall–Kier alpha value is -4.72. The van der Waals surface area contributed by atoms with Gasteiger partial charge in [0.05, 0.1) is 5.56 Å². The average Bonchev–Trinajstić information content (AvgIpc) is 3.67. The van der Waals surface area contributed by atoms with Crippen LogP contribution >= 0.6 is 0 Å². The van der Waals surface area contributed by atoms with E-state index >= 15 is 0 Å². The van der Waals surface area contributed by atoms with Crippen LogP contribution in [0.2, 0.25) is 0 Å². The number of rotatable bonds is 12. The number of carbonyl (C=O) groups excluding carboxylic acids is 2. The molecule has 1 amide bonds. The van der Waals surface area contributed by atoms with E-state index in [0.29, 0.717) is 42.0 Å². The minimum atomic E-state index is -0.132. The molecule has 0 fully saturated rings. The zero-order chi connectivity index (χ0) is 29.6. The third kappa shape index (κ3) is 5.98. The van der Waals surface area contributed by atoms with Gasteiger partial charge in [0.1, 0.15) is 24.0 Å². The van der Waals surface area contributed by atoms with Crippen molar-refractivity contribution in [1.82, 2.24) is 20.1 Å². The van der Waals surface area contributed by atoms with Crippen LogP contribution in [-0.2, 0) is 6.54 Å². The second-order valence-electron chi connectivity index (χ2n) is 10.3. The van der Waals surface area contributed by atoms with E-state index < -0.39 is 0 Å². The van der Waals surface area contributed by atoms with Gasteiger partial charge in [0.15, 0.2) is 5.78 Å². The molecule has 1 N–H and O–H groups in total. The Kier molecular flexibility index (Phi) is 8.81. The van der Waals surface area contributed by atoms with Crippen LogP contribution in [0.1, 0.15) is 59.9 Å². The topological polar surface area (TPSA) is 93.3 Å². The predicted octanol–water partition coefficient (Wildman–Crippen LogP) is 6.93. The van der Waals surface area contributed by atoms with Crippen molar-refractivity contribution in [3.8, 4) is 22.5 Å². The molecule has 42 heavy (non-hydrogen) atoms. The Morgan fingerprint density at radius 2 is 1.76 bits per heavy atom. The van der Waals surface area contributed by atoms with Crippen molar-refractivity contribution >= 4 is 28.3 Å². The first-order valence-corrected chi connectivity index (χ1v) is 14.6. The van der Waals surface area contributed by atoms with Crippen molar-refractivity contribution in [2.75, 3.05) is 24.5 Å². The molecule has 8 heteroatoms. The number of carbonyl (C=O) groups is 2. The van der Waals surface area contributed by atoms with Crippen molar-refractivity contribution in [2.24, 2.45) is 0 Å². The maximum absolute atomic E-state index is 13.3. The van der Waals surface area contributed by atoms with Gasteiger partial charge in [-0.3, -0.25) is 14.3 Å². The van der Waals surface area contributed by atoms with Crippen molar-refractivity contribution in [3.63, 3.8) is 0 Å². The van der Waals surface area contributed by atoms with E-state index in [1.165, 1.54) is 6.33 Å². The second kappa shape index (κ2) is 12.9. The average molecular weight is 564 g/mol. The van der Waals surface area contributed by atoms with Crippen LogP contribution in [0.3, 0.4) is 0 Å². The molecule has 0 radical (unpaired) electrons. The molecule has 5 aromatic rings. The molecule has 216 valence electrons. The van der Waals surface area contributed by atoms with Crippen LogP contribution < -0.4 is 10.2 Å². The van der Waals surface area contributed by atoms with E-state index in [2.05, 4.69) is 40.2 Å². The summed E-state index contributed by atoms with van der Waals surface area (Å²) in [5.74, 6) is 0.496. The van der Waals surface area contributed by atoms with Crippen LogP contribution in [0.25, 0.3) is 33.4 Å². The molecule has 0 aliphatic rings. The number of amides is 1. The monoisotopic (exact) mass is 563 g/mol. The fourth-order valence-electron chi connectivity index (χ4n) is 5.27. The van der Waals surface area contributed by atoms with Gasteiger partial charge in [-0.25, -0.2) is 4.98 Å². The molecule has 5 rings (SSSR count). The number of Topliss-reactive ketones (excluding diaryl/α,β-unsaturated/α-hetero) is 1. The molecule has 0 saturated carbocycles. The molecule has 2 aromatic heterocycles. The number of anilines is 1. The van der Waals surface area contributed by atoms with Gasteiger partial charge in [0.25, 0.3) is 5.91 Å². The predicted molar refractivity (Wildman–Crippen MR) is 167 cm³/mol. The highest BCUT2D eigenvalue weighted by atomic mass is 16.3. The van der Waals surface area contributed by atoms with Gasteiger partial charge in [-0.1, -0.05) is 48.9 Å². The number of furan rings is 1. The van der Waals surface area contributed by atoms with Gasteiger partial charge < -0.3 is 14.6 Å². The molecule has 8 nitrogen and oxygen atoms in total. The summed E-state index contributed by atoms with van der Waals surface area (Å²) >= 11 is 0. The highest BCUT2D eigenvalue weighted by molar-refractivity contribution is 6.13. The summed E-state index contributed by atoms with van der Waals surface area (Å²) in [5, 5.41) is 7.90. The molecule has 3 aromatic carbocycles. The maximum atomic E-state index is 13.3. The lowest BCUT2D eigenvalue weighted by Crippen LogP contribution is -2.25. The van der Waals surface area contributed by atoms with E-state index in [1.54, 1.807) is 11.0 Å². The number of hydrogen-bond acceptors (Lipinski definition) is 6. The number of ketones is 1. The van der Waals surface area contributed by atoms with Crippen molar-refractivity contribution in [2.45, 2.75) is 47.1 Å². The summed E-state index contributed by atoms with van der Waals surface area (Å²) in [6, 6.07) is 19.8. The Labute approximate surface area is 246 Å². The number of aromatic nitrogens is 3. The van der Waals surface area contributed by atoms with Gasteiger partial charge >= 0.3 is 0 Å². The Morgan fingerprint density at radius 1 is 0.976 bits per heavy atom. The molecule has 0 atom stereocenters. The smallest absolute Gasteiger partial charge is 0.251 e. The third-order valence-electron chi connectivity index (χ3n) is 7.58. The Balaban J connectivity index is 1.55. The van der Waals surface area contributed by atoms with E-state index in [0.717, 1.165) is 52.8 Å². The lowest BCUT2D eigenvalue weighted by atomic mass is 9.95. The number of nitrogens with one attached hydrogen (secondary N) is 1. The normalized spacial score (nSPS) is 11.1. The van der Waals surface area contributed by atoms with Gasteiger partial charge in [-0.05, 0) is 51.0 Å². The lowest BCUT2D eigenvalue weighted by Gasteiger charge is -2.24. The van der Waals surface area contributed by atoms with Crippen molar-refractivity contribution in [1.29, 1.82) is 0 Å². The van der Waals surface area contributed by atoms with E-state index in [1.807, 2.05) is 68.4 Å². The fraction of sp³-hybridized carbons (Fsp3) is 0.294. The summed E-state index contributed by atoms with van der Waals surface area (Å²) < 4.78 is 8.19. The van der Waals surface area contributed by atoms with Gasteiger partial charge in [-0.15, -0.1) is 0 Å². The highest BCUT2D eigenvalue weighted by Gasteiger charge is 2.24. The summed E-state index contributed by atoms with van der Waals surface area (Å²) in [6.07, 6.45) is 4.28. The van der Waals surface area contributed by atoms with Crippen LogP contribution in [-0.4, -0.2) is 46.1 Å². The van der Waals surface area contributed by atoms with E-state index in [4.69, 9.17) is 4.42 Å². The number of benzene rings is 3. The number of nitrogens with zero attached hydrogens (tertiary/aromatic N) is 4. The first kappa shape index (κ1) is 28.8. The number of hydrogen-bond donors (Lipinski definition) is 1. The number of fused-ring (bicyclic) bond motifs is 1. The number of aryl methyl sites for hydroxylation is 2. The maximum Gasteiger partial charge on any atom is 0.251 e. The summed E-state index contributed by atoms with van der Waals surface area (Å²) in [7, 11) is 0. The molecule has 2 heterocycles. The first-order chi connectivity index (χ1) is 20.4. The van der Waals surface area contributed by atoms with E-state index in [9.17, 15) is 9.59 Å². The molecule has 0 aliphatic heterocycles. The van der Waals surface area contributed by atoms with Gasteiger partial charge in [-0.2, -0.15) is 5.10 Å². The summed E-state index contributed by atoms with van der Waals surface area (Å²) in [6.45, 7) is 11.0. The molecule has 0 unspecified atom stereocenters. The quantitative estimate of drug-likeness (QED) is 0.131. The SMILES string of the molecule is CCC(=O)c1c(-c2ccc(C)cc2)oc2cc(N(CC)CC)c(-c3cccc(C(=O)NCCCn4cncn4)c3)cc12. The lowest BCUT2D eigenvalue weighted by molar-refractivity contribution is 0.0951. The van der Waals surface area contributed by atoms with Crippen molar-refractivity contribution in [3.05, 3.63) is 90.0 Å². The van der Waals surface area contributed by atoms with Crippen LogP contribution in [0.5, 0.6) is 0 Å². The molecular weight excluding hydrogens is 526 g/mol. The van der Waals surface area contributed by atoms with Crippen molar-refractivity contribution < 1.29 is 14.0 Å². The summed E-state index contributed by atoms with van der Waals surface area (Å²) in [5.41, 5.74) is 6.73. The molecule has 0 aliphatic carbocycles. The zero-order valence-electron chi connectivity index (χ0n) is 24.7. The van der Waals surface area contributed by atoms with Crippen LogP contribution in [0, 0.1) is 6.92 Å².